The van der Waals surface area contributed by atoms with Gasteiger partial charge in [0.25, 0.3) is 0 Å². The molecule has 1 aliphatic rings. The summed E-state index contributed by atoms with van der Waals surface area (Å²) in [5, 5.41) is 17.6. The van der Waals surface area contributed by atoms with Gasteiger partial charge in [0.15, 0.2) is 6.23 Å². The Bertz CT molecular complexity index is 974. The lowest BCUT2D eigenvalue weighted by atomic mass is 10.1. The van der Waals surface area contributed by atoms with Gasteiger partial charge in [0.2, 0.25) is 0 Å². The molecule has 0 unspecified atom stereocenters. The highest BCUT2D eigenvalue weighted by atomic mass is 16.5. The van der Waals surface area contributed by atoms with E-state index in [2.05, 4.69) is 52.5 Å². The number of aromatic nitrogens is 3. The number of aryl methyl sites for hydroxylation is 1. The van der Waals surface area contributed by atoms with Crippen molar-refractivity contribution in [2.75, 3.05) is 13.2 Å². The SMILES string of the molecule is Cc1cccc(CN2CCO[C@H]2c2cn(Cc3cccc(C#N)c3)nn2)c1. The lowest BCUT2D eigenvalue weighted by Gasteiger charge is -2.21. The molecule has 27 heavy (non-hydrogen) atoms. The Hall–Kier alpha value is -3.01. The third-order valence-corrected chi connectivity index (χ3v) is 4.66. The molecule has 1 aromatic heterocycles. The lowest BCUT2D eigenvalue weighted by Crippen LogP contribution is -2.23. The maximum atomic E-state index is 9.04. The van der Waals surface area contributed by atoms with Gasteiger partial charge in [-0.1, -0.05) is 47.2 Å². The molecule has 0 bridgehead atoms. The minimum atomic E-state index is -0.176. The van der Waals surface area contributed by atoms with Crippen molar-refractivity contribution < 1.29 is 4.74 Å². The molecule has 0 amide bonds. The first-order chi connectivity index (χ1) is 13.2. The van der Waals surface area contributed by atoms with Crippen LogP contribution in [0.15, 0.2) is 54.7 Å². The van der Waals surface area contributed by atoms with Gasteiger partial charge in [-0.25, -0.2) is 4.68 Å². The molecule has 0 saturated carbocycles. The highest BCUT2D eigenvalue weighted by Gasteiger charge is 2.29. The van der Waals surface area contributed by atoms with Crippen LogP contribution >= 0.6 is 0 Å². The largest absolute Gasteiger partial charge is 0.356 e. The average Bonchev–Trinajstić information content (AvgIpc) is 3.31. The molecule has 2 heterocycles. The minimum absolute atomic E-state index is 0.176. The summed E-state index contributed by atoms with van der Waals surface area (Å²) < 4.78 is 7.71. The van der Waals surface area contributed by atoms with Crippen molar-refractivity contribution in [3.8, 4) is 6.07 Å². The molecule has 0 aliphatic carbocycles. The third-order valence-electron chi connectivity index (χ3n) is 4.66. The van der Waals surface area contributed by atoms with Gasteiger partial charge in [-0.05, 0) is 30.2 Å². The van der Waals surface area contributed by atoms with E-state index in [1.165, 1.54) is 11.1 Å². The Labute approximate surface area is 158 Å². The second-order valence-corrected chi connectivity index (χ2v) is 6.84. The normalized spacial score (nSPS) is 17.1. The highest BCUT2D eigenvalue weighted by Crippen LogP contribution is 2.27. The molecular weight excluding hydrogens is 338 g/mol. The van der Waals surface area contributed by atoms with Crippen molar-refractivity contribution in [1.82, 2.24) is 19.9 Å². The van der Waals surface area contributed by atoms with Crippen molar-refractivity contribution in [1.29, 1.82) is 5.26 Å². The molecule has 4 rings (SSSR count). The van der Waals surface area contributed by atoms with E-state index < -0.39 is 0 Å². The molecule has 0 radical (unpaired) electrons. The number of rotatable bonds is 5. The highest BCUT2D eigenvalue weighted by molar-refractivity contribution is 5.32. The van der Waals surface area contributed by atoms with Crippen LogP contribution in [0.2, 0.25) is 0 Å². The van der Waals surface area contributed by atoms with Gasteiger partial charge in [0, 0.05) is 13.1 Å². The zero-order valence-electron chi connectivity index (χ0n) is 15.2. The minimum Gasteiger partial charge on any atom is -0.356 e. The first-order valence-corrected chi connectivity index (χ1v) is 9.01. The summed E-state index contributed by atoms with van der Waals surface area (Å²) in [5.74, 6) is 0. The van der Waals surface area contributed by atoms with Gasteiger partial charge < -0.3 is 4.74 Å². The molecule has 136 valence electrons. The first kappa shape index (κ1) is 17.4. The standard InChI is InChI=1S/C21H21N5O/c1-16-4-2-6-18(10-16)13-25-8-9-27-21(25)20-15-26(24-23-20)14-19-7-3-5-17(11-19)12-22/h2-7,10-11,15,21H,8-9,13-14H2,1H3/t21-/m0/s1. The number of hydrogen-bond donors (Lipinski definition) is 0. The fourth-order valence-electron chi connectivity index (χ4n) is 3.41. The monoisotopic (exact) mass is 359 g/mol. The van der Waals surface area contributed by atoms with Gasteiger partial charge in [-0.15, -0.1) is 5.10 Å². The van der Waals surface area contributed by atoms with Crippen molar-refractivity contribution in [3.63, 3.8) is 0 Å². The molecule has 1 fully saturated rings. The van der Waals surface area contributed by atoms with E-state index in [0.717, 1.165) is 24.3 Å². The third kappa shape index (κ3) is 4.05. The fourth-order valence-corrected chi connectivity index (χ4v) is 3.41. The molecule has 0 N–H and O–H groups in total. The Kier molecular flexibility index (Phi) is 4.97. The number of benzene rings is 2. The quantitative estimate of drug-likeness (QED) is 0.700. The summed E-state index contributed by atoms with van der Waals surface area (Å²) in [6, 6.07) is 18.2. The van der Waals surface area contributed by atoms with Crippen LogP contribution in [0.25, 0.3) is 0 Å². The maximum absolute atomic E-state index is 9.04. The summed E-state index contributed by atoms with van der Waals surface area (Å²) in [5.41, 5.74) is 5.02. The van der Waals surface area contributed by atoms with E-state index in [1.807, 2.05) is 24.4 Å². The number of hydrogen-bond acceptors (Lipinski definition) is 5. The summed E-state index contributed by atoms with van der Waals surface area (Å²) >= 11 is 0. The van der Waals surface area contributed by atoms with Crippen molar-refractivity contribution in [2.24, 2.45) is 0 Å². The van der Waals surface area contributed by atoms with Gasteiger partial charge in [0.05, 0.1) is 31.0 Å². The zero-order valence-corrected chi connectivity index (χ0v) is 15.2. The van der Waals surface area contributed by atoms with Crippen LogP contribution in [0.3, 0.4) is 0 Å². The Morgan fingerprint density at radius 2 is 1.96 bits per heavy atom. The van der Waals surface area contributed by atoms with Crippen LogP contribution in [-0.2, 0) is 17.8 Å². The second-order valence-electron chi connectivity index (χ2n) is 6.84. The van der Waals surface area contributed by atoms with Crippen LogP contribution < -0.4 is 0 Å². The molecule has 3 aromatic rings. The number of nitriles is 1. The summed E-state index contributed by atoms with van der Waals surface area (Å²) in [4.78, 5) is 2.28. The van der Waals surface area contributed by atoms with Gasteiger partial charge in [-0.3, -0.25) is 4.90 Å². The van der Waals surface area contributed by atoms with Crippen molar-refractivity contribution in [3.05, 3.63) is 82.7 Å². The van der Waals surface area contributed by atoms with E-state index in [-0.39, 0.29) is 6.23 Å². The first-order valence-electron chi connectivity index (χ1n) is 9.01. The predicted octanol–water partition coefficient (Wildman–Crippen LogP) is 3.04. The molecule has 1 saturated heterocycles. The van der Waals surface area contributed by atoms with E-state index in [9.17, 15) is 0 Å². The Balaban J connectivity index is 1.47. The van der Waals surface area contributed by atoms with Crippen LogP contribution in [0.4, 0.5) is 0 Å². The van der Waals surface area contributed by atoms with Crippen molar-refractivity contribution >= 4 is 0 Å². The van der Waals surface area contributed by atoms with Gasteiger partial charge in [0.1, 0.15) is 5.69 Å². The molecule has 6 heteroatoms. The Morgan fingerprint density at radius 1 is 1.15 bits per heavy atom. The van der Waals surface area contributed by atoms with E-state index in [0.29, 0.717) is 18.7 Å². The molecule has 1 atom stereocenters. The molecule has 1 aliphatic heterocycles. The van der Waals surface area contributed by atoms with E-state index in [4.69, 9.17) is 10.00 Å². The molecular formula is C21H21N5O. The molecule has 2 aromatic carbocycles. The topological polar surface area (TPSA) is 67.0 Å². The second kappa shape index (κ2) is 7.70. The van der Waals surface area contributed by atoms with Crippen LogP contribution in [0, 0.1) is 18.3 Å². The van der Waals surface area contributed by atoms with Gasteiger partial charge >= 0.3 is 0 Å². The van der Waals surface area contributed by atoms with Crippen molar-refractivity contribution in [2.45, 2.75) is 26.2 Å². The molecule has 0 spiro atoms. The summed E-state index contributed by atoms with van der Waals surface area (Å²) in [6.07, 6.45) is 1.75. The summed E-state index contributed by atoms with van der Waals surface area (Å²) in [7, 11) is 0. The summed E-state index contributed by atoms with van der Waals surface area (Å²) in [6.45, 7) is 5.06. The average molecular weight is 359 g/mol. The lowest BCUT2D eigenvalue weighted by molar-refractivity contribution is 0.0252. The Morgan fingerprint density at radius 3 is 2.78 bits per heavy atom. The zero-order chi connectivity index (χ0) is 18.6. The van der Waals surface area contributed by atoms with E-state index >= 15 is 0 Å². The number of nitrogens with zero attached hydrogens (tertiary/aromatic N) is 5. The smallest absolute Gasteiger partial charge is 0.157 e. The van der Waals surface area contributed by atoms with E-state index in [1.54, 1.807) is 10.7 Å². The van der Waals surface area contributed by atoms with Gasteiger partial charge in [-0.2, -0.15) is 5.26 Å². The molecule has 6 nitrogen and oxygen atoms in total. The predicted molar refractivity (Wildman–Crippen MR) is 101 cm³/mol. The van der Waals surface area contributed by atoms with Crippen LogP contribution in [0.1, 0.15) is 34.2 Å². The fraction of sp³-hybridized carbons (Fsp3) is 0.286. The number of ether oxygens (including phenoxy) is 1. The van der Waals surface area contributed by atoms with Crippen LogP contribution in [0.5, 0.6) is 0 Å². The maximum Gasteiger partial charge on any atom is 0.157 e. The van der Waals surface area contributed by atoms with Crippen LogP contribution in [-0.4, -0.2) is 33.0 Å².